The third-order valence-electron chi connectivity index (χ3n) is 4.17. The minimum absolute atomic E-state index is 0.178. The smallest absolute Gasteiger partial charge is 0.321 e. The number of rotatable bonds is 5. The largest absolute Gasteiger partial charge is 0.335 e. The molecule has 2 N–H and O–H groups in total. The van der Waals surface area contributed by atoms with Crippen LogP contribution in [0.4, 0.5) is 4.79 Å². The van der Waals surface area contributed by atoms with E-state index in [1.54, 1.807) is 11.3 Å². The molecule has 128 valence electrons. The summed E-state index contributed by atoms with van der Waals surface area (Å²) in [6.07, 6.45) is 4.50. The first kappa shape index (κ1) is 18.4. The third kappa shape index (κ3) is 6.24. The summed E-state index contributed by atoms with van der Waals surface area (Å²) in [4.78, 5) is 25.8. The summed E-state index contributed by atoms with van der Waals surface area (Å²) < 4.78 is 1.08. The topological polar surface area (TPSA) is 61.4 Å². The van der Waals surface area contributed by atoms with Crippen molar-refractivity contribution in [3.05, 3.63) is 20.8 Å². The van der Waals surface area contributed by atoms with Crippen LogP contribution < -0.4 is 10.6 Å². The predicted molar refractivity (Wildman–Crippen MR) is 96.4 cm³/mol. The molecule has 2 rings (SSSR count). The summed E-state index contributed by atoms with van der Waals surface area (Å²) in [6, 6.07) is 1.84. The SMILES string of the molecule is CC1CCCCC1NC(=O)NC(=O)CN(C)Cc1csc(Br)c1. The van der Waals surface area contributed by atoms with E-state index >= 15 is 0 Å². The second-order valence-corrected chi connectivity index (χ2v) is 8.61. The summed E-state index contributed by atoms with van der Waals surface area (Å²) >= 11 is 5.05. The van der Waals surface area contributed by atoms with E-state index in [4.69, 9.17) is 0 Å². The van der Waals surface area contributed by atoms with E-state index in [0.29, 0.717) is 12.5 Å². The number of nitrogens with zero attached hydrogens (tertiary/aromatic N) is 1. The van der Waals surface area contributed by atoms with E-state index in [0.717, 1.165) is 28.6 Å². The fourth-order valence-electron chi connectivity index (χ4n) is 2.94. The quantitative estimate of drug-likeness (QED) is 0.794. The Labute approximate surface area is 149 Å². The first-order valence-corrected chi connectivity index (χ1v) is 9.63. The van der Waals surface area contributed by atoms with E-state index in [9.17, 15) is 9.59 Å². The molecule has 1 aliphatic carbocycles. The molecular weight excluding hydrogens is 378 g/mol. The van der Waals surface area contributed by atoms with Gasteiger partial charge < -0.3 is 5.32 Å². The molecule has 23 heavy (non-hydrogen) atoms. The van der Waals surface area contributed by atoms with Crippen molar-refractivity contribution in [2.24, 2.45) is 5.92 Å². The Balaban J connectivity index is 1.71. The normalized spacial score (nSPS) is 21.2. The van der Waals surface area contributed by atoms with Crippen LogP contribution in [0.25, 0.3) is 0 Å². The number of amides is 3. The summed E-state index contributed by atoms with van der Waals surface area (Å²) in [5.41, 5.74) is 1.15. The summed E-state index contributed by atoms with van der Waals surface area (Å²) in [5.74, 6) is 0.201. The van der Waals surface area contributed by atoms with Crippen LogP contribution in [-0.4, -0.2) is 36.5 Å². The highest BCUT2D eigenvalue weighted by molar-refractivity contribution is 9.11. The zero-order valence-corrected chi connectivity index (χ0v) is 16.0. The maximum atomic E-state index is 12.0. The summed E-state index contributed by atoms with van der Waals surface area (Å²) in [5, 5.41) is 7.42. The monoisotopic (exact) mass is 401 g/mol. The standard InChI is InChI=1S/C16H24BrN3O2S/c1-11-5-3-4-6-13(11)18-16(22)19-15(21)9-20(2)8-12-7-14(17)23-10-12/h7,10-11,13H,3-6,8-9H2,1-2H3,(H2,18,19,21,22). The lowest BCUT2D eigenvalue weighted by Crippen LogP contribution is -2.49. The van der Waals surface area contributed by atoms with Crippen molar-refractivity contribution in [3.8, 4) is 0 Å². The van der Waals surface area contributed by atoms with Gasteiger partial charge in [-0.2, -0.15) is 0 Å². The number of thiophene rings is 1. The minimum atomic E-state index is -0.375. The zero-order valence-electron chi connectivity index (χ0n) is 13.6. The van der Waals surface area contributed by atoms with E-state index < -0.39 is 0 Å². The maximum Gasteiger partial charge on any atom is 0.321 e. The molecule has 1 fully saturated rings. The molecule has 0 saturated heterocycles. The molecule has 0 aromatic carbocycles. The number of urea groups is 1. The van der Waals surface area contributed by atoms with Crippen LogP contribution in [-0.2, 0) is 11.3 Å². The van der Waals surface area contributed by atoms with Crippen molar-refractivity contribution in [1.29, 1.82) is 0 Å². The fraction of sp³-hybridized carbons (Fsp3) is 0.625. The molecule has 0 bridgehead atoms. The number of hydrogen-bond acceptors (Lipinski definition) is 4. The van der Waals surface area contributed by atoms with Crippen molar-refractivity contribution in [2.45, 2.75) is 45.2 Å². The van der Waals surface area contributed by atoms with Gasteiger partial charge in [0.15, 0.2) is 0 Å². The molecule has 2 unspecified atom stereocenters. The Kier molecular flexibility index (Phi) is 7.05. The predicted octanol–water partition coefficient (Wildman–Crippen LogP) is 3.35. The van der Waals surface area contributed by atoms with Crippen LogP contribution >= 0.6 is 27.3 Å². The van der Waals surface area contributed by atoms with Gasteiger partial charge in [-0.1, -0.05) is 19.8 Å². The second-order valence-electron chi connectivity index (χ2n) is 6.32. The van der Waals surface area contributed by atoms with Crippen LogP contribution in [0.15, 0.2) is 15.2 Å². The van der Waals surface area contributed by atoms with Crippen molar-refractivity contribution in [3.63, 3.8) is 0 Å². The molecule has 1 aromatic rings. The van der Waals surface area contributed by atoms with Gasteiger partial charge in [-0.05, 0) is 58.7 Å². The first-order valence-electron chi connectivity index (χ1n) is 7.96. The van der Waals surface area contributed by atoms with E-state index in [-0.39, 0.29) is 24.5 Å². The molecule has 2 atom stereocenters. The van der Waals surface area contributed by atoms with E-state index in [1.807, 2.05) is 18.0 Å². The molecule has 1 aromatic heterocycles. The third-order valence-corrected chi connectivity index (χ3v) is 5.72. The zero-order chi connectivity index (χ0) is 16.8. The van der Waals surface area contributed by atoms with Crippen LogP contribution in [0.3, 0.4) is 0 Å². The number of nitrogens with one attached hydrogen (secondary N) is 2. The second kappa shape index (κ2) is 8.80. The lowest BCUT2D eigenvalue weighted by molar-refractivity contribution is -0.121. The fourth-order valence-corrected chi connectivity index (χ4v) is 4.14. The molecule has 0 spiro atoms. The van der Waals surface area contributed by atoms with Crippen LogP contribution in [0.5, 0.6) is 0 Å². The lowest BCUT2D eigenvalue weighted by atomic mass is 9.86. The number of likely N-dealkylation sites (N-methyl/N-ethyl adjacent to an activating group) is 1. The Hall–Kier alpha value is -0.920. The van der Waals surface area contributed by atoms with Gasteiger partial charge in [0, 0.05) is 12.6 Å². The van der Waals surface area contributed by atoms with Gasteiger partial charge in [0.05, 0.1) is 10.3 Å². The highest BCUT2D eigenvalue weighted by Gasteiger charge is 2.23. The molecule has 5 nitrogen and oxygen atoms in total. The highest BCUT2D eigenvalue weighted by atomic mass is 79.9. The Morgan fingerprint density at radius 1 is 1.39 bits per heavy atom. The highest BCUT2D eigenvalue weighted by Crippen LogP contribution is 2.23. The van der Waals surface area contributed by atoms with Crippen LogP contribution in [0.1, 0.15) is 38.2 Å². The summed E-state index contributed by atoms with van der Waals surface area (Å²) in [7, 11) is 1.87. The van der Waals surface area contributed by atoms with Gasteiger partial charge in [0.25, 0.3) is 0 Å². The van der Waals surface area contributed by atoms with Gasteiger partial charge in [-0.25, -0.2) is 4.79 Å². The Bertz CT molecular complexity index is 549. The van der Waals surface area contributed by atoms with Crippen molar-refractivity contribution < 1.29 is 9.59 Å². The maximum absolute atomic E-state index is 12.0. The molecule has 3 amide bonds. The molecule has 1 aliphatic rings. The first-order chi connectivity index (χ1) is 10.9. The van der Waals surface area contributed by atoms with E-state index in [2.05, 4.69) is 38.9 Å². The van der Waals surface area contributed by atoms with Gasteiger partial charge in [0.2, 0.25) is 5.91 Å². The van der Waals surface area contributed by atoms with Crippen molar-refractivity contribution >= 4 is 39.2 Å². The van der Waals surface area contributed by atoms with Crippen molar-refractivity contribution in [2.75, 3.05) is 13.6 Å². The number of carbonyl (C=O) groups is 2. The molecule has 0 aliphatic heterocycles. The summed E-state index contributed by atoms with van der Waals surface area (Å²) in [6.45, 7) is 3.02. The number of carbonyl (C=O) groups excluding carboxylic acids is 2. The van der Waals surface area contributed by atoms with E-state index in [1.165, 1.54) is 6.42 Å². The van der Waals surface area contributed by atoms with Gasteiger partial charge in [0.1, 0.15) is 0 Å². The molecule has 7 heteroatoms. The molecular formula is C16H24BrN3O2S. The number of imide groups is 1. The number of halogens is 1. The molecule has 1 heterocycles. The van der Waals surface area contributed by atoms with Crippen LogP contribution in [0, 0.1) is 5.92 Å². The van der Waals surface area contributed by atoms with Gasteiger partial charge in [-0.15, -0.1) is 11.3 Å². The van der Waals surface area contributed by atoms with Crippen LogP contribution in [0.2, 0.25) is 0 Å². The van der Waals surface area contributed by atoms with Gasteiger partial charge in [-0.3, -0.25) is 15.0 Å². The number of hydrogen-bond donors (Lipinski definition) is 2. The molecule has 1 saturated carbocycles. The average molecular weight is 402 g/mol. The van der Waals surface area contributed by atoms with Crippen molar-refractivity contribution in [1.82, 2.24) is 15.5 Å². The average Bonchev–Trinajstić information content (AvgIpc) is 2.86. The minimum Gasteiger partial charge on any atom is -0.335 e. The Morgan fingerprint density at radius 3 is 2.78 bits per heavy atom. The Morgan fingerprint density at radius 2 is 2.13 bits per heavy atom. The van der Waals surface area contributed by atoms with Gasteiger partial charge >= 0.3 is 6.03 Å². The molecule has 0 radical (unpaired) electrons. The lowest BCUT2D eigenvalue weighted by Gasteiger charge is -2.29.